The third-order valence-corrected chi connectivity index (χ3v) is 7.28. The minimum atomic E-state index is -0.218. The van der Waals surface area contributed by atoms with Crippen LogP contribution in [0.15, 0.2) is 52.4 Å². The zero-order valence-corrected chi connectivity index (χ0v) is 19.9. The maximum atomic E-state index is 12.9. The Balaban J connectivity index is 1.51. The van der Waals surface area contributed by atoms with Gasteiger partial charge in [-0.3, -0.25) is 23.4 Å². The Morgan fingerprint density at radius 1 is 1.06 bits per heavy atom. The van der Waals surface area contributed by atoms with Crippen LogP contribution >= 0.6 is 11.8 Å². The SMILES string of the molecule is Cc1ccc(C(=O)CSc2nnc3n(C)c(=O)c4ccc(C(=O)NC5CCCC5)cc4n23)cc1. The van der Waals surface area contributed by atoms with Gasteiger partial charge in [-0.15, -0.1) is 10.2 Å². The minimum Gasteiger partial charge on any atom is -0.349 e. The number of carbonyl (C=O) groups is 2. The summed E-state index contributed by atoms with van der Waals surface area (Å²) in [5.41, 5.74) is 2.54. The number of Topliss-reactive ketones (excluding diaryl/α,β-unsaturated/α-hetero) is 1. The normalized spacial score (nSPS) is 14.2. The van der Waals surface area contributed by atoms with Crippen LogP contribution in [0.2, 0.25) is 0 Å². The van der Waals surface area contributed by atoms with Crippen LogP contribution < -0.4 is 10.9 Å². The lowest BCUT2D eigenvalue weighted by atomic mass is 10.1. The van der Waals surface area contributed by atoms with Crippen molar-refractivity contribution in [3.05, 3.63) is 69.5 Å². The predicted molar refractivity (Wildman–Crippen MR) is 132 cm³/mol. The number of aryl methyl sites for hydroxylation is 2. The van der Waals surface area contributed by atoms with Crippen LogP contribution in [0, 0.1) is 6.92 Å². The molecule has 2 aromatic heterocycles. The van der Waals surface area contributed by atoms with E-state index in [4.69, 9.17) is 0 Å². The van der Waals surface area contributed by atoms with E-state index >= 15 is 0 Å². The van der Waals surface area contributed by atoms with E-state index in [1.165, 1.54) is 16.3 Å². The first-order valence-corrected chi connectivity index (χ1v) is 12.3. The number of thioether (sulfide) groups is 1. The average molecular weight is 476 g/mol. The largest absolute Gasteiger partial charge is 0.349 e. The zero-order valence-electron chi connectivity index (χ0n) is 19.1. The van der Waals surface area contributed by atoms with Gasteiger partial charge in [-0.1, -0.05) is 54.4 Å². The summed E-state index contributed by atoms with van der Waals surface area (Å²) in [7, 11) is 1.64. The number of fused-ring (bicyclic) bond motifs is 3. The summed E-state index contributed by atoms with van der Waals surface area (Å²) < 4.78 is 3.18. The number of hydrogen-bond acceptors (Lipinski definition) is 6. The lowest BCUT2D eigenvalue weighted by molar-refractivity contribution is 0.0937. The summed E-state index contributed by atoms with van der Waals surface area (Å²) in [6.45, 7) is 1.98. The van der Waals surface area contributed by atoms with Gasteiger partial charge in [-0.05, 0) is 38.0 Å². The summed E-state index contributed by atoms with van der Waals surface area (Å²) in [5, 5.41) is 12.5. The number of rotatable bonds is 6. The first-order valence-electron chi connectivity index (χ1n) is 11.3. The van der Waals surface area contributed by atoms with Crippen molar-refractivity contribution >= 4 is 40.1 Å². The van der Waals surface area contributed by atoms with Crippen molar-refractivity contribution in [1.82, 2.24) is 24.5 Å². The van der Waals surface area contributed by atoms with Crippen molar-refractivity contribution in [2.45, 2.75) is 43.8 Å². The smallest absolute Gasteiger partial charge is 0.262 e. The van der Waals surface area contributed by atoms with E-state index in [1.807, 2.05) is 31.2 Å². The molecule has 0 radical (unpaired) electrons. The van der Waals surface area contributed by atoms with Crippen LogP contribution in [-0.4, -0.2) is 42.7 Å². The molecule has 1 aliphatic rings. The molecular weight excluding hydrogens is 450 g/mol. The van der Waals surface area contributed by atoms with E-state index in [2.05, 4.69) is 15.5 Å². The van der Waals surface area contributed by atoms with E-state index < -0.39 is 0 Å². The quantitative estimate of drug-likeness (QED) is 0.338. The van der Waals surface area contributed by atoms with Crippen molar-refractivity contribution in [1.29, 1.82) is 0 Å². The molecule has 0 saturated heterocycles. The molecule has 5 rings (SSSR count). The number of ketones is 1. The van der Waals surface area contributed by atoms with Crippen molar-refractivity contribution in [2.24, 2.45) is 7.05 Å². The Kier molecular flexibility index (Phi) is 5.95. The maximum absolute atomic E-state index is 12.9. The second-order valence-corrected chi connectivity index (χ2v) is 9.69. The fourth-order valence-corrected chi connectivity index (χ4v) is 5.22. The molecular formula is C25H25N5O3S. The number of nitrogens with zero attached hydrogens (tertiary/aromatic N) is 4. The molecule has 0 bridgehead atoms. The Morgan fingerprint density at radius 3 is 2.50 bits per heavy atom. The topological polar surface area (TPSA) is 98.4 Å². The molecule has 9 heteroatoms. The second kappa shape index (κ2) is 9.06. The number of aromatic nitrogens is 4. The van der Waals surface area contributed by atoms with Crippen molar-refractivity contribution in [3.8, 4) is 0 Å². The third-order valence-electron chi connectivity index (χ3n) is 6.35. The van der Waals surface area contributed by atoms with Crippen LogP contribution in [0.25, 0.3) is 16.7 Å². The molecule has 1 amide bonds. The van der Waals surface area contributed by atoms with Gasteiger partial charge < -0.3 is 5.32 Å². The van der Waals surface area contributed by atoms with Gasteiger partial charge in [-0.25, -0.2) is 0 Å². The number of carbonyl (C=O) groups excluding carboxylic acids is 2. The van der Waals surface area contributed by atoms with Gasteiger partial charge in [0.25, 0.3) is 11.5 Å². The molecule has 1 fully saturated rings. The highest BCUT2D eigenvalue weighted by atomic mass is 32.2. The fraction of sp³-hybridized carbons (Fsp3) is 0.320. The monoisotopic (exact) mass is 475 g/mol. The van der Waals surface area contributed by atoms with Crippen LogP contribution in [-0.2, 0) is 7.05 Å². The molecule has 0 spiro atoms. The first kappa shape index (κ1) is 22.3. The Morgan fingerprint density at radius 2 is 1.76 bits per heavy atom. The molecule has 2 heterocycles. The number of hydrogen-bond donors (Lipinski definition) is 1. The van der Waals surface area contributed by atoms with Gasteiger partial charge in [0.15, 0.2) is 10.9 Å². The van der Waals surface area contributed by atoms with Gasteiger partial charge in [0.05, 0.1) is 16.7 Å². The molecule has 1 N–H and O–H groups in total. The lowest BCUT2D eigenvalue weighted by Gasteiger charge is -2.13. The van der Waals surface area contributed by atoms with E-state index in [0.717, 1.165) is 31.2 Å². The van der Waals surface area contributed by atoms with E-state index in [0.29, 0.717) is 33.0 Å². The second-order valence-electron chi connectivity index (χ2n) is 8.75. The first-order chi connectivity index (χ1) is 16.4. The number of amides is 1. The highest BCUT2D eigenvalue weighted by Gasteiger charge is 2.21. The van der Waals surface area contributed by atoms with Gasteiger partial charge in [0, 0.05) is 24.2 Å². The average Bonchev–Trinajstić information content (AvgIpc) is 3.51. The molecule has 34 heavy (non-hydrogen) atoms. The molecule has 4 aromatic rings. The minimum absolute atomic E-state index is 0.0208. The number of nitrogens with one attached hydrogen (secondary N) is 1. The van der Waals surface area contributed by atoms with Crippen molar-refractivity contribution < 1.29 is 9.59 Å². The van der Waals surface area contributed by atoms with Crippen LogP contribution in [0.4, 0.5) is 0 Å². The van der Waals surface area contributed by atoms with Crippen LogP contribution in [0.3, 0.4) is 0 Å². The van der Waals surface area contributed by atoms with Crippen LogP contribution in [0.1, 0.15) is 52.0 Å². The molecule has 0 atom stereocenters. The highest BCUT2D eigenvalue weighted by molar-refractivity contribution is 7.99. The van der Waals surface area contributed by atoms with Crippen molar-refractivity contribution in [3.63, 3.8) is 0 Å². The molecule has 1 aliphatic carbocycles. The summed E-state index contributed by atoms with van der Waals surface area (Å²) in [5.74, 6) is 0.360. The van der Waals surface area contributed by atoms with Crippen molar-refractivity contribution in [2.75, 3.05) is 5.75 Å². The maximum Gasteiger partial charge on any atom is 0.262 e. The summed E-state index contributed by atoms with van der Waals surface area (Å²) in [6.07, 6.45) is 4.24. The van der Waals surface area contributed by atoms with Gasteiger partial charge >= 0.3 is 0 Å². The molecule has 174 valence electrons. The molecule has 2 aromatic carbocycles. The molecule has 1 saturated carbocycles. The van der Waals surface area contributed by atoms with E-state index in [1.54, 1.807) is 29.6 Å². The summed E-state index contributed by atoms with van der Waals surface area (Å²) >= 11 is 1.26. The highest BCUT2D eigenvalue weighted by Crippen LogP contribution is 2.24. The number of benzene rings is 2. The third kappa shape index (κ3) is 4.11. The zero-order chi connectivity index (χ0) is 23.8. The van der Waals surface area contributed by atoms with E-state index in [-0.39, 0.29) is 29.0 Å². The predicted octanol–water partition coefficient (Wildman–Crippen LogP) is 3.54. The fourth-order valence-electron chi connectivity index (χ4n) is 4.39. The van der Waals surface area contributed by atoms with Gasteiger partial charge in [-0.2, -0.15) is 0 Å². The Hall–Kier alpha value is -3.46. The van der Waals surface area contributed by atoms with E-state index in [9.17, 15) is 14.4 Å². The standard InChI is InChI=1S/C25H25N5O3S/c1-15-7-9-16(10-8-15)21(31)14-34-25-28-27-24-29(2)23(33)19-12-11-17(13-20(19)30(24)25)22(32)26-18-5-3-4-6-18/h7-13,18H,3-6,14H2,1-2H3,(H,26,32). The van der Waals surface area contributed by atoms with Gasteiger partial charge in [0.2, 0.25) is 5.78 Å². The Bertz CT molecular complexity index is 1470. The lowest BCUT2D eigenvalue weighted by Crippen LogP contribution is -2.32. The Labute approximate surface area is 200 Å². The summed E-state index contributed by atoms with van der Waals surface area (Å²) in [4.78, 5) is 38.5. The summed E-state index contributed by atoms with van der Waals surface area (Å²) in [6, 6.07) is 12.7. The molecule has 0 unspecified atom stereocenters. The molecule has 8 nitrogen and oxygen atoms in total. The van der Waals surface area contributed by atoms with Crippen LogP contribution in [0.5, 0.6) is 0 Å². The molecule has 0 aliphatic heterocycles. The van der Waals surface area contributed by atoms with Gasteiger partial charge in [0.1, 0.15) is 0 Å².